The summed E-state index contributed by atoms with van der Waals surface area (Å²) in [6, 6.07) is 7.10. The second kappa shape index (κ2) is 6.90. The molecule has 0 radical (unpaired) electrons. The molecule has 4 heteroatoms. The van der Waals surface area contributed by atoms with Crippen LogP contribution in [0.3, 0.4) is 0 Å². The van der Waals surface area contributed by atoms with Crippen LogP contribution >= 0.6 is 0 Å². The van der Waals surface area contributed by atoms with Gasteiger partial charge in [0.1, 0.15) is 0 Å². The highest BCUT2D eigenvalue weighted by molar-refractivity contribution is 7.91. The molecule has 0 aliphatic heterocycles. The number of nitrogens with one attached hydrogen (secondary N) is 1. The van der Waals surface area contributed by atoms with Crippen molar-refractivity contribution in [2.45, 2.75) is 44.6 Å². The average molecular weight is 269 g/mol. The summed E-state index contributed by atoms with van der Waals surface area (Å²) in [5.74, 6) is 0.173. The molecular formula is C14H23NO2S. The van der Waals surface area contributed by atoms with Crippen LogP contribution in [0.15, 0.2) is 29.2 Å². The molecule has 1 rings (SSSR count). The lowest BCUT2D eigenvalue weighted by atomic mass is 10.2. The Hall–Kier alpha value is -0.870. The van der Waals surface area contributed by atoms with Crippen molar-refractivity contribution in [3.63, 3.8) is 0 Å². The van der Waals surface area contributed by atoms with E-state index in [9.17, 15) is 8.42 Å². The van der Waals surface area contributed by atoms with E-state index in [1.54, 1.807) is 12.1 Å². The third kappa shape index (κ3) is 4.42. The van der Waals surface area contributed by atoms with Gasteiger partial charge in [-0.05, 0) is 38.4 Å². The van der Waals surface area contributed by atoms with Crippen molar-refractivity contribution in [2.75, 3.05) is 12.3 Å². The number of hydrogen-bond donors (Lipinski definition) is 1. The highest BCUT2D eigenvalue weighted by Gasteiger charge is 2.19. The minimum atomic E-state index is -3.18. The lowest BCUT2D eigenvalue weighted by Gasteiger charge is -2.16. The van der Waals surface area contributed by atoms with Gasteiger partial charge >= 0.3 is 0 Å². The van der Waals surface area contributed by atoms with Crippen molar-refractivity contribution in [3.05, 3.63) is 29.8 Å². The van der Waals surface area contributed by atoms with Gasteiger partial charge < -0.3 is 5.32 Å². The molecule has 1 N–H and O–H groups in total. The second-order valence-electron chi connectivity index (χ2n) is 4.65. The molecular weight excluding hydrogens is 246 g/mol. The summed E-state index contributed by atoms with van der Waals surface area (Å²) in [4.78, 5) is 0.421. The average Bonchev–Trinajstić information content (AvgIpc) is 2.35. The Labute approximate surface area is 111 Å². The van der Waals surface area contributed by atoms with E-state index in [-0.39, 0.29) is 11.8 Å². The van der Waals surface area contributed by atoms with Gasteiger partial charge in [0.2, 0.25) is 0 Å². The summed E-state index contributed by atoms with van der Waals surface area (Å²) < 4.78 is 24.5. The summed E-state index contributed by atoms with van der Waals surface area (Å²) in [6.45, 7) is 6.90. The number of hydrogen-bond acceptors (Lipinski definition) is 3. The van der Waals surface area contributed by atoms with Crippen LogP contribution in [0.2, 0.25) is 0 Å². The summed E-state index contributed by atoms with van der Waals surface area (Å²) in [6.07, 6.45) is 1.84. The maximum Gasteiger partial charge on any atom is 0.179 e. The van der Waals surface area contributed by atoms with Crippen LogP contribution < -0.4 is 5.32 Å². The summed E-state index contributed by atoms with van der Waals surface area (Å²) in [5.41, 5.74) is 1.07. The largest absolute Gasteiger partial charge is 0.313 e. The summed E-state index contributed by atoms with van der Waals surface area (Å²) in [5, 5.41) is 3.28. The summed E-state index contributed by atoms with van der Waals surface area (Å²) in [7, 11) is -3.18. The van der Waals surface area contributed by atoms with Crippen molar-refractivity contribution in [3.8, 4) is 0 Å². The van der Waals surface area contributed by atoms with E-state index in [4.69, 9.17) is 0 Å². The van der Waals surface area contributed by atoms with Crippen molar-refractivity contribution in [1.29, 1.82) is 0 Å². The molecule has 0 amide bonds. The molecule has 0 spiro atoms. The zero-order valence-corrected chi connectivity index (χ0v) is 12.3. The standard InChI is InChI=1S/C14H23NO2S/c1-4-10-15-13(5-2)11-18(16,17)14-8-6-12(3)7-9-14/h6-9,13,15H,4-5,10-11H2,1-3H3. The Kier molecular flexibility index (Phi) is 5.82. The quantitative estimate of drug-likeness (QED) is 0.827. The van der Waals surface area contributed by atoms with Crippen molar-refractivity contribution >= 4 is 9.84 Å². The molecule has 102 valence electrons. The van der Waals surface area contributed by atoms with Crippen LogP contribution in [0.25, 0.3) is 0 Å². The minimum Gasteiger partial charge on any atom is -0.313 e. The Morgan fingerprint density at radius 2 is 1.78 bits per heavy atom. The molecule has 0 fully saturated rings. The van der Waals surface area contributed by atoms with Gasteiger partial charge in [-0.2, -0.15) is 0 Å². The van der Waals surface area contributed by atoms with Crippen LogP contribution in [-0.2, 0) is 9.84 Å². The molecule has 1 aromatic rings. The zero-order chi connectivity index (χ0) is 13.6. The van der Waals surface area contributed by atoms with Gasteiger partial charge in [0.05, 0.1) is 10.6 Å². The number of aryl methyl sites for hydroxylation is 1. The fourth-order valence-corrected chi connectivity index (χ4v) is 3.40. The van der Waals surface area contributed by atoms with Crippen molar-refractivity contribution < 1.29 is 8.42 Å². The van der Waals surface area contributed by atoms with E-state index < -0.39 is 9.84 Å². The SMILES string of the molecule is CCCNC(CC)CS(=O)(=O)c1ccc(C)cc1. The Balaban J connectivity index is 2.77. The molecule has 18 heavy (non-hydrogen) atoms. The fourth-order valence-electron chi connectivity index (χ4n) is 1.78. The monoisotopic (exact) mass is 269 g/mol. The maximum absolute atomic E-state index is 12.2. The third-order valence-electron chi connectivity index (χ3n) is 2.98. The van der Waals surface area contributed by atoms with Crippen molar-refractivity contribution in [1.82, 2.24) is 5.32 Å². The molecule has 1 aromatic carbocycles. The van der Waals surface area contributed by atoms with Gasteiger partial charge in [-0.25, -0.2) is 8.42 Å². The van der Waals surface area contributed by atoms with E-state index in [2.05, 4.69) is 12.2 Å². The highest BCUT2D eigenvalue weighted by Crippen LogP contribution is 2.14. The van der Waals surface area contributed by atoms with Gasteiger partial charge in [-0.15, -0.1) is 0 Å². The van der Waals surface area contributed by atoms with E-state index in [0.29, 0.717) is 4.90 Å². The van der Waals surface area contributed by atoms with Gasteiger partial charge in [-0.1, -0.05) is 31.5 Å². The topological polar surface area (TPSA) is 46.2 Å². The first kappa shape index (κ1) is 15.2. The van der Waals surface area contributed by atoms with Crippen LogP contribution in [0.4, 0.5) is 0 Å². The van der Waals surface area contributed by atoms with Crippen molar-refractivity contribution in [2.24, 2.45) is 0 Å². The normalized spacial score (nSPS) is 13.5. The Bertz CT molecular complexity index is 451. The molecule has 0 saturated carbocycles. The molecule has 3 nitrogen and oxygen atoms in total. The molecule has 0 aromatic heterocycles. The predicted octanol–water partition coefficient (Wildman–Crippen LogP) is 2.55. The van der Waals surface area contributed by atoms with Crippen LogP contribution in [0.1, 0.15) is 32.3 Å². The predicted molar refractivity (Wildman–Crippen MR) is 75.6 cm³/mol. The van der Waals surface area contributed by atoms with E-state index in [1.807, 2.05) is 26.0 Å². The van der Waals surface area contributed by atoms with E-state index in [0.717, 1.165) is 24.9 Å². The molecule has 1 unspecified atom stereocenters. The van der Waals surface area contributed by atoms with Gasteiger partial charge in [0.15, 0.2) is 9.84 Å². The first-order valence-corrected chi connectivity index (χ1v) is 8.17. The first-order valence-electron chi connectivity index (χ1n) is 6.52. The second-order valence-corrected chi connectivity index (χ2v) is 6.69. The smallest absolute Gasteiger partial charge is 0.179 e. The minimum absolute atomic E-state index is 0.0382. The van der Waals surface area contributed by atoms with Gasteiger partial charge in [0.25, 0.3) is 0 Å². The number of benzene rings is 1. The third-order valence-corrected chi connectivity index (χ3v) is 4.81. The molecule has 1 atom stereocenters. The molecule has 0 bridgehead atoms. The maximum atomic E-state index is 12.2. The van der Waals surface area contributed by atoms with Gasteiger partial charge in [-0.3, -0.25) is 0 Å². The molecule has 0 saturated heterocycles. The lowest BCUT2D eigenvalue weighted by Crippen LogP contribution is -2.35. The molecule has 0 aliphatic carbocycles. The Morgan fingerprint density at radius 3 is 2.28 bits per heavy atom. The summed E-state index contributed by atoms with van der Waals surface area (Å²) >= 11 is 0. The van der Waals surface area contributed by atoms with E-state index >= 15 is 0 Å². The van der Waals surface area contributed by atoms with E-state index in [1.165, 1.54) is 0 Å². The number of rotatable bonds is 7. The van der Waals surface area contributed by atoms with Crippen LogP contribution in [0.5, 0.6) is 0 Å². The Morgan fingerprint density at radius 1 is 1.17 bits per heavy atom. The van der Waals surface area contributed by atoms with Crippen LogP contribution in [-0.4, -0.2) is 26.8 Å². The van der Waals surface area contributed by atoms with Crippen LogP contribution in [0, 0.1) is 6.92 Å². The zero-order valence-electron chi connectivity index (χ0n) is 11.4. The highest BCUT2D eigenvalue weighted by atomic mass is 32.2. The number of sulfone groups is 1. The first-order chi connectivity index (χ1) is 8.49. The van der Waals surface area contributed by atoms with Gasteiger partial charge in [0, 0.05) is 6.04 Å². The lowest BCUT2D eigenvalue weighted by molar-refractivity contribution is 0.519. The fraction of sp³-hybridized carbons (Fsp3) is 0.571. The molecule has 0 heterocycles. The molecule has 0 aliphatic rings.